The summed E-state index contributed by atoms with van der Waals surface area (Å²) in [4.78, 5) is 45.9. The lowest BCUT2D eigenvalue weighted by atomic mass is 9.94. The highest BCUT2D eigenvalue weighted by molar-refractivity contribution is 5.81. The second-order valence-electron chi connectivity index (χ2n) is 7.13. The zero-order valence-electron chi connectivity index (χ0n) is 15.6. The van der Waals surface area contributed by atoms with Crippen molar-refractivity contribution in [2.75, 3.05) is 13.1 Å². The molecule has 3 aromatic rings. The van der Waals surface area contributed by atoms with Gasteiger partial charge in [0.25, 0.3) is 11.1 Å². The number of hydrogen-bond donors (Lipinski definition) is 1. The molecule has 1 aliphatic rings. The standard InChI is InChI=1S/C20H21N5O3/c1-13-22-17(9-18(26)23-13)15-6-4-8-24(11-15)19(27)12-25-20(28)16-7-3-2-5-14(16)10-21-25/h2-3,5,7,9-10,15H,4,6,8,11-12H2,1H3,(H,22,23,26). The van der Waals surface area contributed by atoms with E-state index in [0.717, 1.165) is 18.2 Å². The van der Waals surface area contributed by atoms with Gasteiger partial charge in [-0.05, 0) is 25.8 Å². The Hall–Kier alpha value is -3.29. The Balaban J connectivity index is 1.53. The predicted molar refractivity (Wildman–Crippen MR) is 104 cm³/mol. The van der Waals surface area contributed by atoms with Gasteiger partial charge in [0, 0.05) is 30.5 Å². The molecule has 2 aromatic heterocycles. The molecule has 1 fully saturated rings. The topological polar surface area (TPSA) is 101 Å². The van der Waals surface area contributed by atoms with Crippen LogP contribution in [0.4, 0.5) is 0 Å². The minimum Gasteiger partial charge on any atom is -0.340 e. The van der Waals surface area contributed by atoms with Crippen molar-refractivity contribution in [2.24, 2.45) is 0 Å². The second kappa shape index (κ2) is 7.38. The van der Waals surface area contributed by atoms with Gasteiger partial charge >= 0.3 is 0 Å². The van der Waals surface area contributed by atoms with E-state index in [4.69, 9.17) is 0 Å². The Morgan fingerprint density at radius 3 is 2.93 bits per heavy atom. The first kappa shape index (κ1) is 18.1. The highest BCUT2D eigenvalue weighted by Crippen LogP contribution is 2.25. The van der Waals surface area contributed by atoms with Crippen molar-refractivity contribution < 1.29 is 4.79 Å². The molecule has 0 bridgehead atoms. The Labute approximate surface area is 160 Å². The molecule has 1 saturated heterocycles. The van der Waals surface area contributed by atoms with Crippen LogP contribution >= 0.6 is 0 Å². The third-order valence-corrected chi connectivity index (χ3v) is 5.12. The highest BCUT2D eigenvalue weighted by Gasteiger charge is 2.26. The fraction of sp³-hybridized carbons (Fsp3) is 0.350. The summed E-state index contributed by atoms with van der Waals surface area (Å²) in [5.41, 5.74) is 0.254. The number of nitrogens with zero attached hydrogens (tertiary/aromatic N) is 4. The number of aromatic amines is 1. The van der Waals surface area contributed by atoms with Crippen LogP contribution in [-0.2, 0) is 11.3 Å². The fourth-order valence-electron chi connectivity index (χ4n) is 3.73. The normalized spacial score (nSPS) is 17.0. The summed E-state index contributed by atoms with van der Waals surface area (Å²) >= 11 is 0. The summed E-state index contributed by atoms with van der Waals surface area (Å²) in [6.07, 6.45) is 3.30. The van der Waals surface area contributed by atoms with E-state index in [-0.39, 0.29) is 29.5 Å². The molecule has 0 aliphatic carbocycles. The summed E-state index contributed by atoms with van der Waals surface area (Å²) < 4.78 is 1.21. The predicted octanol–water partition coefficient (Wildman–Crippen LogP) is 1.19. The Morgan fingerprint density at radius 2 is 2.11 bits per heavy atom. The van der Waals surface area contributed by atoms with Gasteiger partial charge in [0.05, 0.1) is 17.3 Å². The van der Waals surface area contributed by atoms with Crippen molar-refractivity contribution in [1.29, 1.82) is 0 Å². The number of likely N-dealkylation sites (tertiary alicyclic amines) is 1. The van der Waals surface area contributed by atoms with Crippen LogP contribution in [0.5, 0.6) is 0 Å². The number of hydrogen-bond acceptors (Lipinski definition) is 5. The lowest BCUT2D eigenvalue weighted by molar-refractivity contribution is -0.133. The van der Waals surface area contributed by atoms with Crippen LogP contribution in [0, 0.1) is 6.92 Å². The maximum absolute atomic E-state index is 12.8. The molecule has 1 aliphatic heterocycles. The van der Waals surface area contributed by atoms with Crippen LogP contribution in [0.3, 0.4) is 0 Å². The minimum atomic E-state index is -0.271. The molecule has 0 radical (unpaired) electrons. The Bertz CT molecular complexity index is 1150. The number of H-pyrrole nitrogens is 1. The van der Waals surface area contributed by atoms with Crippen molar-refractivity contribution >= 4 is 16.7 Å². The average molecular weight is 379 g/mol. The maximum atomic E-state index is 12.8. The zero-order chi connectivity index (χ0) is 19.7. The average Bonchev–Trinajstić information content (AvgIpc) is 2.69. The molecule has 1 amide bonds. The molecule has 1 aromatic carbocycles. The first-order chi connectivity index (χ1) is 13.5. The molecule has 0 spiro atoms. The Morgan fingerprint density at radius 1 is 1.29 bits per heavy atom. The minimum absolute atomic E-state index is 0.0139. The van der Waals surface area contributed by atoms with E-state index in [9.17, 15) is 14.4 Å². The number of piperidine rings is 1. The number of benzene rings is 1. The van der Waals surface area contributed by atoms with E-state index in [1.807, 2.05) is 12.1 Å². The van der Waals surface area contributed by atoms with E-state index < -0.39 is 0 Å². The molecular formula is C20H21N5O3. The van der Waals surface area contributed by atoms with Gasteiger partial charge in [-0.3, -0.25) is 14.4 Å². The van der Waals surface area contributed by atoms with Crippen molar-refractivity contribution in [3.8, 4) is 0 Å². The van der Waals surface area contributed by atoms with Gasteiger partial charge in [-0.25, -0.2) is 9.67 Å². The summed E-state index contributed by atoms with van der Waals surface area (Å²) in [5, 5.41) is 5.44. The molecule has 8 nitrogen and oxygen atoms in total. The maximum Gasteiger partial charge on any atom is 0.275 e. The monoisotopic (exact) mass is 379 g/mol. The smallest absolute Gasteiger partial charge is 0.275 e. The zero-order valence-corrected chi connectivity index (χ0v) is 15.6. The second-order valence-corrected chi connectivity index (χ2v) is 7.13. The van der Waals surface area contributed by atoms with Crippen LogP contribution < -0.4 is 11.1 Å². The third kappa shape index (κ3) is 3.58. The number of rotatable bonds is 3. The molecule has 8 heteroatoms. The van der Waals surface area contributed by atoms with Gasteiger partial charge in [0.15, 0.2) is 0 Å². The van der Waals surface area contributed by atoms with Gasteiger partial charge in [-0.2, -0.15) is 5.10 Å². The first-order valence-corrected chi connectivity index (χ1v) is 9.32. The number of fused-ring (bicyclic) bond motifs is 1. The first-order valence-electron chi connectivity index (χ1n) is 9.32. The van der Waals surface area contributed by atoms with E-state index in [1.165, 1.54) is 10.7 Å². The molecule has 3 heterocycles. The SMILES string of the molecule is Cc1nc(C2CCCN(C(=O)Cn3ncc4ccccc4c3=O)C2)cc(=O)[nH]1. The van der Waals surface area contributed by atoms with Gasteiger partial charge in [0.2, 0.25) is 5.91 Å². The van der Waals surface area contributed by atoms with Crippen LogP contribution in [0.25, 0.3) is 10.8 Å². The van der Waals surface area contributed by atoms with E-state index in [1.54, 1.807) is 30.2 Å². The van der Waals surface area contributed by atoms with Gasteiger partial charge in [-0.15, -0.1) is 0 Å². The van der Waals surface area contributed by atoms with Gasteiger partial charge < -0.3 is 9.88 Å². The number of aryl methyl sites for hydroxylation is 1. The van der Waals surface area contributed by atoms with Crippen molar-refractivity contribution in [3.63, 3.8) is 0 Å². The van der Waals surface area contributed by atoms with Crippen LogP contribution in [0.1, 0.15) is 30.3 Å². The van der Waals surface area contributed by atoms with Gasteiger partial charge in [0.1, 0.15) is 12.4 Å². The summed E-state index contributed by atoms with van der Waals surface area (Å²) in [5.74, 6) is 0.425. The Kier molecular flexibility index (Phi) is 4.77. The highest BCUT2D eigenvalue weighted by atomic mass is 16.2. The van der Waals surface area contributed by atoms with Crippen molar-refractivity contribution in [2.45, 2.75) is 32.2 Å². The van der Waals surface area contributed by atoms with Gasteiger partial charge in [-0.1, -0.05) is 18.2 Å². The molecule has 1 unspecified atom stereocenters. The van der Waals surface area contributed by atoms with Crippen LogP contribution in [0.15, 0.2) is 46.1 Å². The number of amides is 1. The van der Waals surface area contributed by atoms with Crippen molar-refractivity contribution in [3.05, 3.63) is 68.8 Å². The number of nitrogens with one attached hydrogen (secondary N) is 1. The van der Waals surface area contributed by atoms with Crippen LogP contribution in [0.2, 0.25) is 0 Å². The summed E-state index contributed by atoms with van der Waals surface area (Å²) in [6, 6.07) is 8.69. The summed E-state index contributed by atoms with van der Waals surface area (Å²) in [6.45, 7) is 2.75. The number of carbonyl (C=O) groups is 1. The van der Waals surface area contributed by atoms with E-state index in [0.29, 0.717) is 30.0 Å². The molecule has 1 atom stereocenters. The largest absolute Gasteiger partial charge is 0.340 e. The van der Waals surface area contributed by atoms with E-state index in [2.05, 4.69) is 15.1 Å². The molecular weight excluding hydrogens is 358 g/mol. The molecule has 144 valence electrons. The summed E-state index contributed by atoms with van der Waals surface area (Å²) in [7, 11) is 0. The molecule has 4 rings (SSSR count). The quantitative estimate of drug-likeness (QED) is 0.737. The lowest BCUT2D eigenvalue weighted by Gasteiger charge is -2.32. The van der Waals surface area contributed by atoms with E-state index >= 15 is 0 Å². The molecule has 28 heavy (non-hydrogen) atoms. The third-order valence-electron chi connectivity index (χ3n) is 5.12. The van der Waals surface area contributed by atoms with Crippen molar-refractivity contribution in [1.82, 2.24) is 24.6 Å². The number of aromatic nitrogens is 4. The molecule has 1 N–H and O–H groups in total. The fourth-order valence-corrected chi connectivity index (χ4v) is 3.73. The lowest BCUT2D eigenvalue weighted by Crippen LogP contribution is -2.42. The molecule has 0 saturated carbocycles. The number of carbonyl (C=O) groups excluding carboxylic acids is 1. The van der Waals surface area contributed by atoms with Crippen LogP contribution in [-0.4, -0.2) is 43.6 Å².